The van der Waals surface area contributed by atoms with Gasteiger partial charge < -0.3 is 34.4 Å². The first-order valence-corrected chi connectivity index (χ1v) is 11.5. The molecule has 0 saturated heterocycles. The third-order valence-electron chi connectivity index (χ3n) is 6.29. The molecule has 212 valence electrons. The monoisotopic (exact) mass is 576 g/mol. The van der Waals surface area contributed by atoms with E-state index in [4.69, 9.17) is 18.4 Å². The largest absolute Gasteiger partial charge is 0.504 e. The molecule has 0 fully saturated rings. The minimum Gasteiger partial charge on any atom is -0.504 e. The molecule has 5 rings (SSSR count). The van der Waals surface area contributed by atoms with Gasteiger partial charge in [0.05, 0.1) is 27.3 Å². The Labute approximate surface area is 230 Å². The number of carbonyl (C=O) groups excluding carboxylic acids is 4. The lowest BCUT2D eigenvalue weighted by molar-refractivity contribution is -0.191. The van der Waals surface area contributed by atoms with E-state index >= 15 is 0 Å². The molecule has 2 aromatic heterocycles. The summed E-state index contributed by atoms with van der Waals surface area (Å²) in [7, 11) is 0. The van der Waals surface area contributed by atoms with Gasteiger partial charge in [0, 0.05) is 23.3 Å². The summed E-state index contributed by atoms with van der Waals surface area (Å²) in [6.07, 6.45) is 1.19. The molecule has 0 radical (unpaired) electrons. The molecule has 0 atom stereocenters. The summed E-state index contributed by atoms with van der Waals surface area (Å²) in [5.41, 5.74) is -5.04. The molecular weight excluding hydrogens is 560 g/mol. The number of carboxylic acid groups (broad SMARTS) is 1. The zero-order valence-electron chi connectivity index (χ0n) is 21.3. The molecule has 0 aliphatic rings. The average Bonchev–Trinajstić information content (AvgIpc) is 2.90. The highest BCUT2D eigenvalue weighted by Gasteiger charge is 2.29. The van der Waals surface area contributed by atoms with E-state index in [1.54, 1.807) is 0 Å². The summed E-state index contributed by atoms with van der Waals surface area (Å²) >= 11 is 0. The Hall–Kier alpha value is -6.27. The van der Waals surface area contributed by atoms with Gasteiger partial charge in [-0.25, -0.2) is 4.79 Å². The maximum Gasteiger partial charge on any atom is 0.373 e. The number of fused-ring (bicyclic) bond motifs is 3. The van der Waals surface area contributed by atoms with E-state index in [-0.39, 0.29) is 33.8 Å². The number of phenols is 4. The van der Waals surface area contributed by atoms with Crippen molar-refractivity contribution >= 4 is 56.6 Å². The van der Waals surface area contributed by atoms with Crippen molar-refractivity contribution < 1.29 is 58.3 Å². The van der Waals surface area contributed by atoms with Crippen LogP contribution in [0.3, 0.4) is 0 Å². The van der Waals surface area contributed by atoms with Crippen LogP contribution in [-0.2, 0) is 9.59 Å². The highest BCUT2D eigenvalue weighted by molar-refractivity contribution is 6.18. The number of rotatable bonds is 4. The van der Waals surface area contributed by atoms with Crippen LogP contribution in [0.5, 0.6) is 23.0 Å². The number of ketones is 2. The van der Waals surface area contributed by atoms with Crippen LogP contribution in [0.4, 0.5) is 0 Å². The predicted octanol–water partition coefficient (Wildman–Crippen LogP) is 3.06. The van der Waals surface area contributed by atoms with Crippen LogP contribution in [0.15, 0.2) is 49.0 Å². The number of aromatic hydroxyl groups is 4. The quantitative estimate of drug-likeness (QED) is 0.117. The van der Waals surface area contributed by atoms with Gasteiger partial charge in [0.15, 0.2) is 34.6 Å². The molecule has 5 aromatic rings. The number of phenolic OH excluding ortho intramolecular Hbond substituents is 3. The second kappa shape index (κ2) is 10.4. The molecule has 42 heavy (non-hydrogen) atoms. The first-order chi connectivity index (χ1) is 19.7. The highest BCUT2D eigenvalue weighted by atomic mass is 16.4. The topological polar surface area (TPSA) is 247 Å². The molecular formula is C28H16O14. The van der Waals surface area contributed by atoms with Gasteiger partial charge in [-0.3, -0.25) is 19.2 Å². The van der Waals surface area contributed by atoms with E-state index in [1.165, 1.54) is 0 Å². The van der Waals surface area contributed by atoms with Crippen LogP contribution in [0.1, 0.15) is 44.9 Å². The molecule has 0 spiro atoms. The van der Waals surface area contributed by atoms with Crippen molar-refractivity contribution in [3.05, 3.63) is 67.7 Å². The fraction of sp³-hybridized carbons (Fsp3) is 0.0714. The van der Waals surface area contributed by atoms with Gasteiger partial charge in [0.2, 0.25) is 10.9 Å². The van der Waals surface area contributed by atoms with Crippen molar-refractivity contribution in [2.45, 2.75) is 13.8 Å². The van der Waals surface area contributed by atoms with Crippen LogP contribution in [0.25, 0.3) is 44.0 Å². The standard InChI is InChI=1S/C27H16O12.CO2/c1-8(28)10-3-12-24(34)21-18(6-16(32)25(35)22(21)27(36)37)39-26(12)19(9(2)29)20(10)13-7-38-17-5-15(31)14(30)4-11(17)23(13)33;2-1-3/h3-7,30-32,35H,1-2H3,(H,36,37);. The Morgan fingerprint density at radius 1 is 0.762 bits per heavy atom. The van der Waals surface area contributed by atoms with Crippen molar-refractivity contribution in [2.24, 2.45) is 0 Å². The number of hydrogen-bond acceptors (Lipinski definition) is 13. The van der Waals surface area contributed by atoms with E-state index in [9.17, 15) is 49.5 Å². The van der Waals surface area contributed by atoms with Crippen molar-refractivity contribution in [1.82, 2.24) is 0 Å². The van der Waals surface area contributed by atoms with E-state index in [2.05, 4.69) is 0 Å². The van der Waals surface area contributed by atoms with E-state index in [1.807, 2.05) is 0 Å². The van der Waals surface area contributed by atoms with Gasteiger partial charge >= 0.3 is 12.1 Å². The lowest BCUT2D eigenvalue weighted by atomic mass is 9.88. The summed E-state index contributed by atoms with van der Waals surface area (Å²) in [5, 5.41) is 48.1. The average molecular weight is 576 g/mol. The lowest BCUT2D eigenvalue weighted by Gasteiger charge is -2.15. The number of hydrogen-bond donors (Lipinski definition) is 5. The maximum atomic E-state index is 13.5. The van der Waals surface area contributed by atoms with Crippen LogP contribution in [0, 0.1) is 0 Å². The Bertz CT molecular complexity index is 2180. The molecule has 0 aliphatic carbocycles. The molecule has 2 heterocycles. The van der Waals surface area contributed by atoms with Crippen LogP contribution < -0.4 is 10.9 Å². The molecule has 3 aromatic carbocycles. The van der Waals surface area contributed by atoms with Crippen molar-refractivity contribution in [2.75, 3.05) is 0 Å². The number of Topliss-reactive ketones (excluding diaryl/α,β-unsaturated/α-hetero) is 2. The van der Waals surface area contributed by atoms with Crippen LogP contribution in [-0.4, -0.2) is 49.2 Å². The van der Waals surface area contributed by atoms with Gasteiger partial charge in [0.25, 0.3) is 0 Å². The fourth-order valence-corrected chi connectivity index (χ4v) is 4.55. The Morgan fingerprint density at radius 2 is 1.36 bits per heavy atom. The van der Waals surface area contributed by atoms with Gasteiger partial charge in [0.1, 0.15) is 28.6 Å². The molecule has 0 aliphatic heterocycles. The molecule has 0 saturated carbocycles. The smallest absolute Gasteiger partial charge is 0.373 e. The number of carboxylic acids is 1. The molecule has 0 bridgehead atoms. The lowest BCUT2D eigenvalue weighted by Crippen LogP contribution is -2.15. The van der Waals surface area contributed by atoms with Gasteiger partial charge in [-0.05, 0) is 26.0 Å². The molecule has 0 amide bonds. The summed E-state index contributed by atoms with van der Waals surface area (Å²) in [4.78, 5) is 80.8. The third-order valence-corrected chi connectivity index (χ3v) is 6.29. The number of carbonyl (C=O) groups is 3. The SMILES string of the molecule is CC(=O)c1cc2c(=O)c3c(C(=O)O)c(O)c(O)cc3oc2c(C(C)=O)c1-c1coc2cc(O)c(O)cc2c1=O.O=C=O. The summed E-state index contributed by atoms with van der Waals surface area (Å²) in [6.45, 7) is 2.19. The van der Waals surface area contributed by atoms with Gasteiger partial charge in [-0.2, -0.15) is 9.59 Å². The van der Waals surface area contributed by atoms with E-state index < -0.39 is 84.5 Å². The molecule has 5 N–H and O–H groups in total. The molecule has 14 heteroatoms. The second-order valence-electron chi connectivity index (χ2n) is 8.79. The van der Waals surface area contributed by atoms with E-state index in [0.717, 1.165) is 44.4 Å². The van der Waals surface area contributed by atoms with Crippen molar-refractivity contribution in [3.63, 3.8) is 0 Å². The first kappa shape index (κ1) is 28.7. The van der Waals surface area contributed by atoms with Crippen LogP contribution >= 0.6 is 0 Å². The van der Waals surface area contributed by atoms with Crippen molar-refractivity contribution in [1.29, 1.82) is 0 Å². The summed E-state index contributed by atoms with van der Waals surface area (Å²) in [5.74, 6) is -6.37. The zero-order valence-corrected chi connectivity index (χ0v) is 21.3. The number of aromatic carboxylic acids is 1. The van der Waals surface area contributed by atoms with Crippen LogP contribution in [0.2, 0.25) is 0 Å². The third kappa shape index (κ3) is 4.39. The van der Waals surface area contributed by atoms with Gasteiger partial charge in [-0.1, -0.05) is 0 Å². The zero-order chi connectivity index (χ0) is 31.2. The minimum atomic E-state index is -1.75. The number of benzene rings is 3. The Morgan fingerprint density at radius 3 is 1.93 bits per heavy atom. The van der Waals surface area contributed by atoms with E-state index in [0.29, 0.717) is 0 Å². The molecule has 0 unspecified atom stereocenters. The van der Waals surface area contributed by atoms with Gasteiger partial charge in [-0.15, -0.1) is 0 Å². The minimum absolute atomic E-state index is 0.109. The maximum absolute atomic E-state index is 13.5. The summed E-state index contributed by atoms with van der Waals surface area (Å²) in [6, 6.07) is 3.76. The normalized spacial score (nSPS) is 10.7. The fourth-order valence-electron chi connectivity index (χ4n) is 4.55. The molecule has 14 nitrogen and oxygen atoms in total. The first-order valence-electron chi connectivity index (χ1n) is 11.5. The highest BCUT2D eigenvalue weighted by Crippen LogP contribution is 2.39. The van der Waals surface area contributed by atoms with Crippen molar-refractivity contribution in [3.8, 4) is 34.1 Å². The predicted molar refractivity (Wildman–Crippen MR) is 140 cm³/mol. The second-order valence-corrected chi connectivity index (χ2v) is 8.79. The Balaban J connectivity index is 0.00000129. The Kier molecular flexibility index (Phi) is 7.09. The summed E-state index contributed by atoms with van der Waals surface area (Å²) < 4.78 is 11.2.